The number of anilines is 1. The fourth-order valence-corrected chi connectivity index (χ4v) is 3.88. The summed E-state index contributed by atoms with van der Waals surface area (Å²) < 4.78 is 3.31. The molecule has 0 fully saturated rings. The topological polar surface area (TPSA) is 77.6 Å². The summed E-state index contributed by atoms with van der Waals surface area (Å²) in [5.41, 5.74) is 1.88. The van der Waals surface area contributed by atoms with E-state index in [2.05, 4.69) is 20.5 Å². The van der Waals surface area contributed by atoms with Crippen LogP contribution in [0.4, 0.5) is 5.95 Å². The molecule has 1 N–H and O–H groups in total. The molecule has 3 heterocycles. The number of hydrogen-bond donors (Lipinski definition) is 1. The molecule has 0 bridgehead atoms. The van der Waals surface area contributed by atoms with Crippen molar-refractivity contribution < 1.29 is 4.79 Å². The Balaban J connectivity index is 1.38. The van der Waals surface area contributed by atoms with Gasteiger partial charge in [-0.25, -0.2) is 9.67 Å². The van der Waals surface area contributed by atoms with Gasteiger partial charge in [0.2, 0.25) is 5.95 Å². The minimum Gasteiger partial charge on any atom is -0.288 e. The van der Waals surface area contributed by atoms with Gasteiger partial charge in [-0.2, -0.15) is 5.10 Å². The number of aromatic nitrogens is 5. The molecule has 3 aromatic heterocycles. The average molecular weight is 468 g/mol. The summed E-state index contributed by atoms with van der Waals surface area (Å²) in [5.74, 6) is -0.0455. The number of nitrogens with one attached hydrogen (secondary N) is 1. The molecule has 0 saturated carbocycles. The van der Waals surface area contributed by atoms with Crippen molar-refractivity contribution in [2.45, 2.75) is 13.1 Å². The van der Waals surface area contributed by atoms with Crippen molar-refractivity contribution >= 4 is 58.0 Å². The molecule has 0 spiro atoms. The second-order valence-electron chi connectivity index (χ2n) is 6.14. The molecule has 0 radical (unpaired) electrons. The van der Waals surface area contributed by atoms with Gasteiger partial charge in [-0.05, 0) is 34.7 Å². The highest BCUT2D eigenvalue weighted by atomic mass is 35.5. The third kappa shape index (κ3) is 4.97. The van der Waals surface area contributed by atoms with Gasteiger partial charge in [-0.1, -0.05) is 40.9 Å². The minimum absolute atomic E-state index is 0.226. The van der Waals surface area contributed by atoms with Crippen LogP contribution in [0.1, 0.15) is 20.8 Å². The van der Waals surface area contributed by atoms with Crippen LogP contribution in [0.3, 0.4) is 0 Å². The van der Waals surface area contributed by atoms with Gasteiger partial charge in [0.15, 0.2) is 0 Å². The summed E-state index contributed by atoms with van der Waals surface area (Å²) in [6, 6.07) is 7.16. The van der Waals surface area contributed by atoms with E-state index in [1.807, 2.05) is 17.5 Å². The lowest BCUT2D eigenvalue weighted by atomic mass is 10.2. The van der Waals surface area contributed by atoms with Crippen LogP contribution in [0.15, 0.2) is 48.4 Å². The summed E-state index contributed by atoms with van der Waals surface area (Å²) >= 11 is 19.2. The van der Waals surface area contributed by atoms with Gasteiger partial charge in [0.1, 0.15) is 6.33 Å². The van der Waals surface area contributed by atoms with E-state index in [1.165, 1.54) is 11.3 Å². The van der Waals surface area contributed by atoms with E-state index in [9.17, 15) is 4.79 Å². The van der Waals surface area contributed by atoms with Gasteiger partial charge >= 0.3 is 0 Å². The number of hydrogen-bond acceptors (Lipinski definition) is 5. The van der Waals surface area contributed by atoms with Crippen molar-refractivity contribution in [3.05, 3.63) is 79.4 Å². The molecule has 29 heavy (non-hydrogen) atoms. The summed E-state index contributed by atoms with van der Waals surface area (Å²) in [5, 5.41) is 14.6. The molecular formula is C18H13Cl3N6OS. The van der Waals surface area contributed by atoms with Crippen LogP contribution in [0, 0.1) is 0 Å². The van der Waals surface area contributed by atoms with Gasteiger partial charge in [0.05, 0.1) is 39.2 Å². The molecule has 4 rings (SSSR count). The van der Waals surface area contributed by atoms with Crippen LogP contribution in [-0.4, -0.2) is 30.5 Å². The van der Waals surface area contributed by atoms with E-state index >= 15 is 0 Å². The van der Waals surface area contributed by atoms with Gasteiger partial charge in [-0.3, -0.25) is 14.8 Å². The normalized spacial score (nSPS) is 11.0. The van der Waals surface area contributed by atoms with E-state index in [0.29, 0.717) is 33.0 Å². The maximum absolute atomic E-state index is 12.5. The van der Waals surface area contributed by atoms with Crippen LogP contribution in [0.25, 0.3) is 0 Å². The van der Waals surface area contributed by atoms with E-state index in [4.69, 9.17) is 34.8 Å². The number of nitrogens with zero attached hydrogens (tertiary/aromatic N) is 5. The largest absolute Gasteiger partial charge is 0.288 e. The second-order valence-corrected chi connectivity index (χ2v) is 8.31. The van der Waals surface area contributed by atoms with Crippen LogP contribution >= 0.6 is 46.1 Å². The second kappa shape index (κ2) is 8.54. The predicted octanol–water partition coefficient (Wildman–Crippen LogP) is 4.85. The zero-order valence-electron chi connectivity index (χ0n) is 14.7. The molecule has 0 atom stereocenters. The Labute approximate surface area is 184 Å². The van der Waals surface area contributed by atoms with Crippen molar-refractivity contribution in [1.29, 1.82) is 0 Å². The van der Waals surface area contributed by atoms with E-state index in [0.717, 1.165) is 11.1 Å². The maximum atomic E-state index is 12.5. The molecule has 1 aromatic carbocycles. The maximum Gasteiger partial charge on any atom is 0.268 e. The number of amides is 1. The molecule has 0 unspecified atom stereocenters. The SMILES string of the molecule is O=C(Nc1ncn(Cc2ccc(Cl)c(Cl)c2)n1)c1cc(Cn2cc(Cl)cn2)cs1. The quantitative estimate of drug-likeness (QED) is 0.440. The molecule has 148 valence electrons. The zero-order chi connectivity index (χ0) is 20.4. The first-order valence-electron chi connectivity index (χ1n) is 8.36. The highest BCUT2D eigenvalue weighted by Gasteiger charge is 2.13. The van der Waals surface area contributed by atoms with Crippen LogP contribution < -0.4 is 5.32 Å². The Bertz CT molecular complexity index is 1170. The number of carbonyl (C=O) groups excluding carboxylic acids is 1. The van der Waals surface area contributed by atoms with Crippen molar-refractivity contribution in [1.82, 2.24) is 24.5 Å². The smallest absolute Gasteiger partial charge is 0.268 e. The third-order valence-corrected chi connectivity index (χ3v) is 5.83. The molecule has 0 aliphatic heterocycles. The molecule has 0 aliphatic carbocycles. The van der Waals surface area contributed by atoms with Gasteiger partial charge in [0, 0.05) is 6.20 Å². The minimum atomic E-state index is -0.271. The summed E-state index contributed by atoms with van der Waals surface area (Å²) in [6.45, 7) is 0.988. The number of carbonyl (C=O) groups is 1. The Morgan fingerprint density at radius 2 is 1.90 bits per heavy atom. The molecule has 1 amide bonds. The third-order valence-electron chi connectivity index (χ3n) is 3.91. The Kier molecular flexibility index (Phi) is 5.86. The highest BCUT2D eigenvalue weighted by molar-refractivity contribution is 7.12. The fourth-order valence-electron chi connectivity index (χ4n) is 2.61. The lowest BCUT2D eigenvalue weighted by molar-refractivity contribution is 0.102. The summed E-state index contributed by atoms with van der Waals surface area (Å²) in [4.78, 5) is 17.2. The van der Waals surface area contributed by atoms with E-state index in [-0.39, 0.29) is 11.9 Å². The standard InChI is InChI=1S/C18H13Cl3N6OS/c19-13-5-23-26(8-13)7-12-4-16(29-9-12)17(28)24-18-22-10-27(25-18)6-11-1-2-14(20)15(21)3-11/h1-5,8-10H,6-7H2,(H,24,25,28). The van der Waals surface area contributed by atoms with Crippen LogP contribution in [0.2, 0.25) is 15.1 Å². The molecule has 4 aromatic rings. The van der Waals surface area contributed by atoms with Crippen molar-refractivity contribution in [3.63, 3.8) is 0 Å². The monoisotopic (exact) mass is 466 g/mol. The van der Waals surface area contributed by atoms with Crippen molar-refractivity contribution in [2.24, 2.45) is 0 Å². The van der Waals surface area contributed by atoms with Crippen molar-refractivity contribution in [3.8, 4) is 0 Å². The summed E-state index contributed by atoms with van der Waals surface area (Å²) in [6.07, 6.45) is 4.84. The fraction of sp³-hybridized carbons (Fsp3) is 0.111. The Morgan fingerprint density at radius 1 is 1.07 bits per heavy atom. The van der Waals surface area contributed by atoms with Crippen LogP contribution in [-0.2, 0) is 13.1 Å². The Morgan fingerprint density at radius 3 is 2.66 bits per heavy atom. The molecule has 0 saturated heterocycles. The first kappa shape index (κ1) is 19.9. The molecule has 0 aliphatic rings. The molecule has 11 heteroatoms. The predicted molar refractivity (Wildman–Crippen MR) is 114 cm³/mol. The van der Waals surface area contributed by atoms with Gasteiger partial charge < -0.3 is 0 Å². The van der Waals surface area contributed by atoms with E-state index in [1.54, 1.807) is 40.2 Å². The lowest BCUT2D eigenvalue weighted by Crippen LogP contribution is -2.12. The first-order valence-corrected chi connectivity index (χ1v) is 10.4. The van der Waals surface area contributed by atoms with E-state index < -0.39 is 0 Å². The van der Waals surface area contributed by atoms with Crippen molar-refractivity contribution in [2.75, 3.05) is 5.32 Å². The number of halogens is 3. The Hall–Kier alpha value is -2.39. The lowest BCUT2D eigenvalue weighted by Gasteiger charge is -2.03. The number of rotatable bonds is 6. The van der Waals surface area contributed by atoms with Gasteiger partial charge in [-0.15, -0.1) is 16.4 Å². The molecule has 7 nitrogen and oxygen atoms in total. The number of thiophene rings is 1. The molecular weight excluding hydrogens is 455 g/mol. The summed E-state index contributed by atoms with van der Waals surface area (Å²) in [7, 11) is 0. The first-order chi connectivity index (χ1) is 14.0. The zero-order valence-corrected chi connectivity index (χ0v) is 17.8. The van der Waals surface area contributed by atoms with Gasteiger partial charge in [0.25, 0.3) is 5.91 Å². The average Bonchev–Trinajstić information content (AvgIpc) is 3.41. The van der Waals surface area contributed by atoms with Crippen LogP contribution in [0.5, 0.6) is 0 Å². The highest BCUT2D eigenvalue weighted by Crippen LogP contribution is 2.23. The number of benzene rings is 1.